The van der Waals surface area contributed by atoms with Crippen molar-refractivity contribution in [2.45, 2.75) is 69.0 Å². The maximum atomic E-state index is 13.9. The van der Waals surface area contributed by atoms with Crippen LogP contribution in [0.3, 0.4) is 0 Å². The van der Waals surface area contributed by atoms with Gasteiger partial charge >= 0.3 is 18.4 Å². The van der Waals surface area contributed by atoms with Gasteiger partial charge in [0.1, 0.15) is 11.7 Å². The molecule has 5 rings (SSSR count). The number of nitrogens with zero attached hydrogens (tertiary/aromatic N) is 6. The van der Waals surface area contributed by atoms with E-state index in [1.807, 2.05) is 5.32 Å². The van der Waals surface area contributed by atoms with Crippen LogP contribution in [-0.2, 0) is 13.0 Å². The lowest BCUT2D eigenvalue weighted by Crippen LogP contribution is -2.40. The first-order valence-electron chi connectivity index (χ1n) is 12.6. The minimum absolute atomic E-state index is 0.0403. The number of halogens is 8. The summed E-state index contributed by atoms with van der Waals surface area (Å²) in [6.07, 6.45) is -9.28. The maximum absolute atomic E-state index is 13.9. The van der Waals surface area contributed by atoms with Crippen molar-refractivity contribution in [3.8, 4) is 0 Å². The summed E-state index contributed by atoms with van der Waals surface area (Å²) in [7, 11) is 0. The highest BCUT2D eigenvalue weighted by Gasteiger charge is 2.47. The average molecular weight is 610 g/mol. The zero-order valence-electron chi connectivity index (χ0n) is 21.3. The molecule has 3 aromatic heterocycles. The molecule has 42 heavy (non-hydrogen) atoms. The Morgan fingerprint density at radius 2 is 1.88 bits per heavy atom. The second-order valence-corrected chi connectivity index (χ2v) is 10.3. The van der Waals surface area contributed by atoms with Gasteiger partial charge in [0, 0.05) is 19.4 Å². The van der Waals surface area contributed by atoms with Crippen LogP contribution in [0.2, 0.25) is 0 Å². The van der Waals surface area contributed by atoms with Gasteiger partial charge in [-0.1, -0.05) is 5.16 Å². The number of carbonyl (C=O) groups excluding carboxylic acids is 2. The predicted octanol–water partition coefficient (Wildman–Crippen LogP) is 3.97. The molecule has 1 unspecified atom stereocenters. The molecular weight excluding hydrogens is 588 g/mol. The number of urea groups is 1. The van der Waals surface area contributed by atoms with E-state index in [4.69, 9.17) is 0 Å². The van der Waals surface area contributed by atoms with E-state index < -0.39 is 85.4 Å². The third kappa shape index (κ3) is 6.53. The van der Waals surface area contributed by atoms with Gasteiger partial charge in [0.25, 0.3) is 5.91 Å². The molecule has 0 radical (unpaired) electrons. The number of alkyl halides is 8. The van der Waals surface area contributed by atoms with Crippen LogP contribution in [0.15, 0.2) is 23.1 Å². The summed E-state index contributed by atoms with van der Waals surface area (Å²) in [5.74, 6) is -4.58. The van der Waals surface area contributed by atoms with Crippen LogP contribution in [0.4, 0.5) is 39.9 Å². The summed E-state index contributed by atoms with van der Waals surface area (Å²) in [5.41, 5.74) is -0.831. The van der Waals surface area contributed by atoms with E-state index in [2.05, 4.69) is 30.3 Å². The monoisotopic (exact) mass is 610 g/mol. The second kappa shape index (κ2) is 10.6. The molecule has 19 heteroatoms. The molecular formula is C23H22F8N8O3. The van der Waals surface area contributed by atoms with Crippen molar-refractivity contribution >= 4 is 17.6 Å². The molecule has 2 aliphatic rings. The summed E-state index contributed by atoms with van der Waals surface area (Å²) in [6.45, 7) is -0.829. The van der Waals surface area contributed by atoms with Gasteiger partial charge in [-0.05, 0) is 35.5 Å². The highest BCUT2D eigenvalue weighted by molar-refractivity contribution is 5.93. The van der Waals surface area contributed by atoms with E-state index in [-0.39, 0.29) is 30.7 Å². The Bertz CT molecular complexity index is 1460. The van der Waals surface area contributed by atoms with E-state index in [0.29, 0.717) is 5.56 Å². The molecule has 228 valence electrons. The molecule has 11 nitrogen and oxygen atoms in total. The van der Waals surface area contributed by atoms with Crippen molar-refractivity contribution in [2.24, 2.45) is 5.92 Å². The lowest BCUT2D eigenvalue weighted by Gasteiger charge is -2.33. The fraction of sp³-hybridized carbons (Fsp3) is 0.565. The molecule has 1 aliphatic heterocycles. The van der Waals surface area contributed by atoms with E-state index in [1.54, 1.807) is 0 Å². The minimum atomic E-state index is -4.71. The summed E-state index contributed by atoms with van der Waals surface area (Å²) in [4.78, 5) is 30.4. The van der Waals surface area contributed by atoms with Gasteiger partial charge in [-0.3, -0.25) is 4.79 Å². The van der Waals surface area contributed by atoms with Crippen LogP contribution in [0.25, 0.3) is 5.65 Å². The molecule has 3 aromatic rings. The molecule has 0 bridgehead atoms. The summed E-state index contributed by atoms with van der Waals surface area (Å²) in [6, 6.07) is -2.54. The van der Waals surface area contributed by atoms with Gasteiger partial charge in [-0.2, -0.15) is 31.4 Å². The fourth-order valence-electron chi connectivity index (χ4n) is 5.03. The van der Waals surface area contributed by atoms with Crippen LogP contribution >= 0.6 is 0 Å². The zero-order valence-corrected chi connectivity index (χ0v) is 21.3. The van der Waals surface area contributed by atoms with Crippen molar-refractivity contribution in [3.05, 3.63) is 41.1 Å². The first kappa shape index (κ1) is 29.4. The Labute approximate surface area is 230 Å². The van der Waals surface area contributed by atoms with Gasteiger partial charge in [-0.15, -0.1) is 0 Å². The molecule has 0 spiro atoms. The molecule has 4 heterocycles. The van der Waals surface area contributed by atoms with Gasteiger partial charge in [0.15, 0.2) is 11.3 Å². The van der Waals surface area contributed by atoms with Gasteiger partial charge in [0.05, 0.1) is 37.1 Å². The van der Waals surface area contributed by atoms with Gasteiger partial charge in [-0.25, -0.2) is 27.7 Å². The lowest BCUT2D eigenvalue weighted by molar-refractivity contribution is -0.149. The first-order chi connectivity index (χ1) is 19.6. The van der Waals surface area contributed by atoms with Crippen molar-refractivity contribution in [2.75, 3.05) is 6.54 Å². The Balaban J connectivity index is 1.39. The number of rotatable bonds is 7. The Kier molecular flexibility index (Phi) is 7.46. The summed E-state index contributed by atoms with van der Waals surface area (Å²) >= 11 is 0. The largest absolute Gasteiger partial charge is 0.410 e. The first-order valence-corrected chi connectivity index (χ1v) is 12.6. The van der Waals surface area contributed by atoms with Crippen molar-refractivity contribution in [1.29, 1.82) is 0 Å². The minimum Gasteiger partial charge on any atom is -0.342 e. The fourth-order valence-corrected chi connectivity index (χ4v) is 5.03. The number of fused-ring (bicyclic) bond motifs is 1. The van der Waals surface area contributed by atoms with Crippen molar-refractivity contribution in [1.82, 2.24) is 40.4 Å². The predicted molar refractivity (Wildman–Crippen MR) is 123 cm³/mol. The molecule has 2 fully saturated rings. The third-order valence-corrected chi connectivity index (χ3v) is 7.13. The number of imidazole rings is 1. The van der Waals surface area contributed by atoms with Crippen molar-refractivity contribution < 1.29 is 49.3 Å². The van der Waals surface area contributed by atoms with Crippen LogP contribution in [0.1, 0.15) is 59.2 Å². The Morgan fingerprint density at radius 1 is 1.17 bits per heavy atom. The molecule has 1 aliphatic carbocycles. The van der Waals surface area contributed by atoms with Crippen LogP contribution in [0, 0.1) is 5.92 Å². The highest BCUT2D eigenvalue weighted by atomic mass is 19.4. The van der Waals surface area contributed by atoms with E-state index in [9.17, 15) is 44.7 Å². The van der Waals surface area contributed by atoms with E-state index >= 15 is 0 Å². The number of nitrogens with one attached hydrogen (secondary N) is 2. The average Bonchev–Trinajstić information content (AvgIpc) is 3.60. The Hall–Kier alpha value is -4.06. The van der Waals surface area contributed by atoms with Crippen LogP contribution in [-0.4, -0.2) is 72.6 Å². The van der Waals surface area contributed by atoms with Gasteiger partial charge in [0.2, 0.25) is 5.92 Å². The second-order valence-electron chi connectivity index (χ2n) is 10.3. The normalized spacial score (nSPS) is 20.6. The topological polar surface area (TPSA) is 131 Å². The number of carbonyl (C=O) groups is 2. The third-order valence-electron chi connectivity index (χ3n) is 7.13. The molecule has 2 N–H and O–H groups in total. The number of hydrogen-bond acceptors (Lipinski definition) is 7. The van der Waals surface area contributed by atoms with Crippen LogP contribution in [0.5, 0.6) is 0 Å². The van der Waals surface area contributed by atoms with Crippen molar-refractivity contribution in [3.63, 3.8) is 0 Å². The number of amides is 3. The van der Waals surface area contributed by atoms with Gasteiger partial charge < -0.3 is 15.5 Å². The molecule has 1 saturated carbocycles. The summed E-state index contributed by atoms with van der Waals surface area (Å²) < 4.78 is 111. The lowest BCUT2D eigenvalue weighted by atomic mass is 9.81. The SMILES string of the molecule is O=C(NC(c1cn2ncc(CN3C[C@@H](C(F)(F)F)NC3=O)cc2n1)C1CCC(F)(F)CC1)c1nonc1CC(F)(F)F. The zero-order chi connectivity index (χ0) is 30.4. The maximum Gasteiger partial charge on any atom is 0.410 e. The standard InChI is InChI=1S/C23H22F8N8O3/c24-21(25)3-1-12(2-4-21)17(35-19(40)18-13(36-42-37-18)6-22(26,27)28)14-9-39-16(33-14)5-11(7-32-39)8-38-10-15(23(29,30)31)34-20(38)41/h5,7,9,12,15,17H,1-4,6,8,10H2,(H,34,41)(H,35,40)/t15-,17?/m0/s1. The molecule has 0 aromatic carbocycles. The molecule has 1 saturated heterocycles. The number of aromatic nitrogens is 5. The number of hydrogen-bond donors (Lipinski definition) is 2. The molecule has 2 atom stereocenters. The smallest absolute Gasteiger partial charge is 0.342 e. The molecule has 3 amide bonds. The van der Waals surface area contributed by atoms with E-state index in [0.717, 1.165) is 4.90 Å². The summed E-state index contributed by atoms with van der Waals surface area (Å²) in [5, 5.41) is 15.0. The van der Waals surface area contributed by atoms with Crippen LogP contribution < -0.4 is 10.6 Å². The Morgan fingerprint density at radius 3 is 2.52 bits per heavy atom. The highest BCUT2D eigenvalue weighted by Crippen LogP contribution is 2.41. The van der Waals surface area contributed by atoms with E-state index in [1.165, 1.54) is 23.0 Å². The quantitative estimate of drug-likeness (QED) is 0.387.